The van der Waals surface area contributed by atoms with E-state index in [1.807, 2.05) is 0 Å². The van der Waals surface area contributed by atoms with Gasteiger partial charge in [0.15, 0.2) is 0 Å². The van der Waals surface area contributed by atoms with E-state index in [9.17, 15) is 8.42 Å². The number of halogens is 1. The highest BCUT2D eigenvalue weighted by Crippen LogP contribution is 2.24. The van der Waals surface area contributed by atoms with Gasteiger partial charge in [0.1, 0.15) is 0 Å². The molecule has 6 nitrogen and oxygen atoms in total. The lowest BCUT2D eigenvalue weighted by atomic mass is 10.3. The van der Waals surface area contributed by atoms with Crippen molar-refractivity contribution in [3.63, 3.8) is 0 Å². The molecule has 0 aliphatic carbocycles. The van der Waals surface area contributed by atoms with E-state index < -0.39 is 10.0 Å². The summed E-state index contributed by atoms with van der Waals surface area (Å²) in [6.45, 7) is -0.770. The molecule has 0 aromatic heterocycles. The molecule has 0 fully saturated rings. The highest BCUT2D eigenvalue weighted by molar-refractivity contribution is 9.10. The van der Waals surface area contributed by atoms with Crippen LogP contribution in [0.4, 0.5) is 5.69 Å². The molecule has 1 aromatic carbocycles. The predicted octanol–water partition coefficient (Wildman–Crippen LogP) is 0.00660. The number of nitrogens with two attached hydrogens (primary N) is 1. The number of benzene rings is 1. The van der Waals surface area contributed by atoms with Crippen LogP contribution in [-0.4, -0.2) is 49.2 Å². The summed E-state index contributed by atoms with van der Waals surface area (Å²) in [6, 6.07) is 4.29. The molecule has 0 unspecified atom stereocenters. The summed E-state index contributed by atoms with van der Waals surface area (Å²) in [5.74, 6) is 0. The Balaban J connectivity index is 3.13. The van der Waals surface area contributed by atoms with E-state index in [4.69, 9.17) is 15.9 Å². The third-order valence-corrected chi connectivity index (χ3v) is 4.92. The van der Waals surface area contributed by atoms with Crippen molar-refractivity contribution in [2.75, 3.05) is 32.0 Å². The first-order chi connectivity index (χ1) is 8.43. The molecule has 4 N–H and O–H groups in total. The van der Waals surface area contributed by atoms with Gasteiger partial charge < -0.3 is 15.9 Å². The molecular weight excluding hydrogens is 324 g/mol. The molecule has 102 valence electrons. The average Bonchev–Trinajstić information content (AvgIpc) is 2.32. The second-order valence-electron chi connectivity index (χ2n) is 3.53. The zero-order valence-corrected chi connectivity index (χ0v) is 12.0. The van der Waals surface area contributed by atoms with Crippen LogP contribution in [0.1, 0.15) is 0 Å². The zero-order chi connectivity index (χ0) is 13.8. The topological polar surface area (TPSA) is 104 Å². The van der Waals surface area contributed by atoms with E-state index >= 15 is 0 Å². The highest BCUT2D eigenvalue weighted by Gasteiger charge is 2.23. The van der Waals surface area contributed by atoms with E-state index in [1.165, 1.54) is 18.2 Å². The minimum atomic E-state index is -3.75. The third kappa shape index (κ3) is 3.42. The minimum Gasteiger partial charge on any atom is -0.398 e. The first kappa shape index (κ1) is 15.4. The molecular formula is C10H15BrN2O4S. The van der Waals surface area contributed by atoms with Gasteiger partial charge >= 0.3 is 0 Å². The monoisotopic (exact) mass is 338 g/mol. The predicted molar refractivity (Wildman–Crippen MR) is 71.5 cm³/mol. The molecule has 0 saturated heterocycles. The molecule has 0 saturated carbocycles. The summed E-state index contributed by atoms with van der Waals surface area (Å²) >= 11 is 3.18. The fourth-order valence-corrected chi connectivity index (χ4v) is 3.11. The second-order valence-corrected chi connectivity index (χ2v) is 6.33. The van der Waals surface area contributed by atoms with Crippen molar-refractivity contribution in [3.05, 3.63) is 22.7 Å². The molecule has 0 atom stereocenters. The van der Waals surface area contributed by atoms with Crippen LogP contribution < -0.4 is 5.73 Å². The first-order valence-corrected chi connectivity index (χ1v) is 7.43. The highest BCUT2D eigenvalue weighted by atomic mass is 79.9. The Kier molecular flexibility index (Phi) is 5.54. The van der Waals surface area contributed by atoms with Gasteiger partial charge in [-0.1, -0.05) is 0 Å². The molecule has 1 rings (SSSR count). The van der Waals surface area contributed by atoms with Gasteiger partial charge in [0.2, 0.25) is 10.0 Å². The quantitative estimate of drug-likeness (QED) is 0.633. The zero-order valence-electron chi connectivity index (χ0n) is 9.58. The summed E-state index contributed by atoms with van der Waals surface area (Å²) in [4.78, 5) is 0.0325. The normalized spacial score (nSPS) is 12.0. The maximum Gasteiger partial charge on any atom is 0.243 e. The maximum absolute atomic E-state index is 12.2. The maximum atomic E-state index is 12.2. The molecule has 0 amide bonds. The number of nitrogens with zero attached hydrogens (tertiary/aromatic N) is 1. The summed E-state index contributed by atoms with van der Waals surface area (Å²) < 4.78 is 26.0. The summed E-state index contributed by atoms with van der Waals surface area (Å²) in [5, 5.41) is 17.7. The summed E-state index contributed by atoms with van der Waals surface area (Å²) in [7, 11) is -3.75. The van der Waals surface area contributed by atoms with Gasteiger partial charge in [-0.25, -0.2) is 8.42 Å². The van der Waals surface area contributed by atoms with Gasteiger partial charge in [-0.3, -0.25) is 0 Å². The molecule has 0 spiro atoms. The van der Waals surface area contributed by atoms with Crippen LogP contribution in [0.3, 0.4) is 0 Å². The van der Waals surface area contributed by atoms with Crippen molar-refractivity contribution in [2.45, 2.75) is 4.90 Å². The number of nitrogen functional groups attached to an aromatic ring is 1. The number of rotatable bonds is 6. The van der Waals surface area contributed by atoms with Crippen LogP contribution in [-0.2, 0) is 10.0 Å². The van der Waals surface area contributed by atoms with Gasteiger partial charge in [0.25, 0.3) is 0 Å². The lowest BCUT2D eigenvalue weighted by Gasteiger charge is -2.20. The first-order valence-electron chi connectivity index (χ1n) is 5.20. The van der Waals surface area contributed by atoms with Crippen molar-refractivity contribution in [1.29, 1.82) is 0 Å². The number of sulfonamides is 1. The second kappa shape index (κ2) is 6.48. The van der Waals surface area contributed by atoms with Gasteiger partial charge in [0.05, 0.1) is 18.1 Å². The number of aliphatic hydroxyl groups is 2. The average molecular weight is 339 g/mol. The third-order valence-electron chi connectivity index (χ3n) is 2.30. The lowest BCUT2D eigenvalue weighted by Crippen LogP contribution is -2.35. The van der Waals surface area contributed by atoms with E-state index in [1.54, 1.807) is 0 Å². The number of anilines is 1. The summed E-state index contributed by atoms with van der Waals surface area (Å²) in [5.41, 5.74) is 5.95. The number of hydrogen-bond acceptors (Lipinski definition) is 5. The van der Waals surface area contributed by atoms with Crippen LogP contribution in [0, 0.1) is 0 Å². The molecule has 0 heterocycles. The van der Waals surface area contributed by atoms with E-state index in [2.05, 4.69) is 15.9 Å². The Hall–Kier alpha value is -0.670. The Bertz CT molecular complexity index is 501. The van der Waals surface area contributed by atoms with E-state index in [0.717, 1.165) is 4.31 Å². The largest absolute Gasteiger partial charge is 0.398 e. The van der Waals surface area contributed by atoms with E-state index in [0.29, 0.717) is 10.2 Å². The van der Waals surface area contributed by atoms with Crippen LogP contribution in [0.15, 0.2) is 27.6 Å². The Morgan fingerprint density at radius 1 is 1.22 bits per heavy atom. The van der Waals surface area contributed by atoms with Crippen molar-refractivity contribution in [1.82, 2.24) is 4.31 Å². The Morgan fingerprint density at radius 2 is 1.78 bits per heavy atom. The molecule has 18 heavy (non-hydrogen) atoms. The van der Waals surface area contributed by atoms with Crippen molar-refractivity contribution in [3.8, 4) is 0 Å². The molecule has 0 radical (unpaired) electrons. The Morgan fingerprint density at radius 3 is 2.22 bits per heavy atom. The van der Waals surface area contributed by atoms with Crippen molar-refractivity contribution >= 4 is 31.6 Å². The van der Waals surface area contributed by atoms with Crippen LogP contribution in [0.5, 0.6) is 0 Å². The van der Waals surface area contributed by atoms with Crippen LogP contribution in [0.25, 0.3) is 0 Å². The standard InChI is InChI=1S/C10H15BrN2O4S/c11-9-2-1-8(7-10(9)12)18(16,17)13(3-5-14)4-6-15/h1-2,7,14-15H,3-6,12H2. The van der Waals surface area contributed by atoms with Crippen molar-refractivity contribution < 1.29 is 18.6 Å². The van der Waals surface area contributed by atoms with Crippen molar-refractivity contribution in [2.24, 2.45) is 0 Å². The fraction of sp³-hybridized carbons (Fsp3) is 0.400. The molecule has 1 aromatic rings. The Labute approximate surface area is 114 Å². The number of aliphatic hydroxyl groups excluding tert-OH is 2. The smallest absolute Gasteiger partial charge is 0.243 e. The lowest BCUT2D eigenvalue weighted by molar-refractivity contribution is 0.217. The molecule has 0 bridgehead atoms. The van der Waals surface area contributed by atoms with E-state index in [-0.39, 0.29) is 31.2 Å². The summed E-state index contributed by atoms with van der Waals surface area (Å²) in [6.07, 6.45) is 0. The van der Waals surface area contributed by atoms with Gasteiger partial charge in [-0.05, 0) is 34.1 Å². The van der Waals surface area contributed by atoms with Crippen LogP contribution >= 0.6 is 15.9 Å². The SMILES string of the molecule is Nc1cc(S(=O)(=O)N(CCO)CCO)ccc1Br. The number of hydrogen-bond donors (Lipinski definition) is 3. The van der Waals surface area contributed by atoms with Gasteiger partial charge in [-0.15, -0.1) is 0 Å². The fourth-order valence-electron chi connectivity index (χ4n) is 1.41. The molecule has 0 aliphatic rings. The van der Waals surface area contributed by atoms with Gasteiger partial charge in [0, 0.05) is 23.2 Å². The molecule has 0 aliphatic heterocycles. The minimum absolute atomic E-state index is 0.0325. The molecule has 8 heteroatoms. The van der Waals surface area contributed by atoms with Crippen LogP contribution in [0.2, 0.25) is 0 Å². The van der Waals surface area contributed by atoms with Gasteiger partial charge in [-0.2, -0.15) is 4.31 Å².